The summed E-state index contributed by atoms with van der Waals surface area (Å²) < 4.78 is 0. The van der Waals surface area contributed by atoms with Gasteiger partial charge in [0, 0.05) is 5.41 Å². The number of halogens is 2. The van der Waals surface area contributed by atoms with E-state index < -0.39 is 0 Å². The molecule has 2 rings (SSSR count). The van der Waals surface area contributed by atoms with Crippen molar-refractivity contribution in [3.05, 3.63) is 57.6 Å². The number of nitrogens with two attached hydrogens (primary N) is 2. The first kappa shape index (κ1) is 14.0. The summed E-state index contributed by atoms with van der Waals surface area (Å²) in [6.45, 7) is 4.10. The van der Waals surface area contributed by atoms with Crippen LogP contribution < -0.4 is 11.5 Å². The van der Waals surface area contributed by atoms with Gasteiger partial charge in [-0.3, -0.25) is 0 Å². The Morgan fingerprint density at radius 2 is 1.16 bits per heavy atom. The van der Waals surface area contributed by atoms with Crippen molar-refractivity contribution in [1.82, 2.24) is 0 Å². The van der Waals surface area contributed by atoms with E-state index in [1.165, 1.54) is 0 Å². The summed E-state index contributed by atoms with van der Waals surface area (Å²) in [6.07, 6.45) is 0. The van der Waals surface area contributed by atoms with E-state index in [4.69, 9.17) is 34.7 Å². The minimum absolute atomic E-state index is 0.376. The monoisotopic (exact) mass is 294 g/mol. The molecular formula is C15H16Cl2N2. The van der Waals surface area contributed by atoms with Crippen LogP contribution in [-0.4, -0.2) is 0 Å². The van der Waals surface area contributed by atoms with Crippen molar-refractivity contribution in [1.29, 1.82) is 0 Å². The highest BCUT2D eigenvalue weighted by atomic mass is 35.5. The lowest BCUT2D eigenvalue weighted by molar-refractivity contribution is 0.642. The molecule has 0 aromatic heterocycles. The summed E-state index contributed by atoms with van der Waals surface area (Å²) in [5.41, 5.74) is 14.4. The first-order chi connectivity index (χ1) is 8.85. The number of hydrogen-bond acceptors (Lipinski definition) is 2. The lowest BCUT2D eigenvalue weighted by Gasteiger charge is -2.29. The number of hydrogen-bond donors (Lipinski definition) is 2. The third kappa shape index (κ3) is 2.38. The highest BCUT2D eigenvalue weighted by Crippen LogP contribution is 2.42. The second-order valence-corrected chi connectivity index (χ2v) is 5.80. The Morgan fingerprint density at radius 3 is 1.53 bits per heavy atom. The van der Waals surface area contributed by atoms with Crippen molar-refractivity contribution in [3.8, 4) is 0 Å². The molecule has 19 heavy (non-hydrogen) atoms. The van der Waals surface area contributed by atoms with Crippen LogP contribution in [0.3, 0.4) is 0 Å². The van der Waals surface area contributed by atoms with Gasteiger partial charge < -0.3 is 11.5 Å². The molecule has 0 aliphatic heterocycles. The number of nitrogen functional groups attached to an aromatic ring is 2. The van der Waals surface area contributed by atoms with Gasteiger partial charge in [0.15, 0.2) is 0 Å². The van der Waals surface area contributed by atoms with Gasteiger partial charge in [0.1, 0.15) is 0 Å². The van der Waals surface area contributed by atoms with E-state index in [2.05, 4.69) is 0 Å². The van der Waals surface area contributed by atoms with Gasteiger partial charge in [-0.15, -0.1) is 0 Å². The standard InChI is InChI=1S/C15H16Cl2N2/c1-15(2,9-5-3-7-11(18)13(9)16)10-6-4-8-12(19)14(10)17/h3-8H,18-19H2,1-2H3. The fourth-order valence-electron chi connectivity index (χ4n) is 2.21. The first-order valence-corrected chi connectivity index (χ1v) is 6.70. The first-order valence-electron chi connectivity index (χ1n) is 5.94. The largest absolute Gasteiger partial charge is 0.398 e. The predicted molar refractivity (Wildman–Crippen MR) is 83.9 cm³/mol. The lowest BCUT2D eigenvalue weighted by atomic mass is 9.77. The summed E-state index contributed by atoms with van der Waals surface area (Å²) >= 11 is 12.6. The van der Waals surface area contributed by atoms with E-state index in [1.54, 1.807) is 12.1 Å². The Labute approximate surface area is 123 Å². The lowest BCUT2D eigenvalue weighted by Crippen LogP contribution is -2.20. The Bertz CT molecular complexity index is 568. The molecule has 0 atom stereocenters. The van der Waals surface area contributed by atoms with Crippen molar-refractivity contribution >= 4 is 34.6 Å². The average Bonchev–Trinajstić information content (AvgIpc) is 2.35. The SMILES string of the molecule is CC(C)(c1cccc(N)c1Cl)c1cccc(N)c1Cl. The number of rotatable bonds is 2. The molecule has 0 unspecified atom stereocenters. The maximum atomic E-state index is 6.32. The average molecular weight is 295 g/mol. The molecule has 0 heterocycles. The molecule has 100 valence electrons. The van der Waals surface area contributed by atoms with E-state index in [1.807, 2.05) is 38.1 Å². The van der Waals surface area contributed by atoms with E-state index in [0.717, 1.165) is 11.1 Å². The van der Waals surface area contributed by atoms with Crippen molar-refractivity contribution in [2.75, 3.05) is 11.5 Å². The summed E-state index contributed by atoms with van der Waals surface area (Å²) in [4.78, 5) is 0. The summed E-state index contributed by atoms with van der Waals surface area (Å²) in [6, 6.07) is 11.2. The molecule has 4 N–H and O–H groups in total. The zero-order valence-corrected chi connectivity index (χ0v) is 12.4. The van der Waals surface area contributed by atoms with Crippen LogP contribution >= 0.6 is 23.2 Å². The van der Waals surface area contributed by atoms with E-state index in [-0.39, 0.29) is 5.41 Å². The second-order valence-electron chi connectivity index (χ2n) is 5.04. The van der Waals surface area contributed by atoms with Crippen molar-refractivity contribution in [2.45, 2.75) is 19.3 Å². The van der Waals surface area contributed by atoms with Gasteiger partial charge in [-0.25, -0.2) is 0 Å². The molecule has 0 amide bonds. The molecule has 0 radical (unpaired) electrons. The van der Waals surface area contributed by atoms with Crippen molar-refractivity contribution in [2.24, 2.45) is 0 Å². The quantitative estimate of drug-likeness (QED) is 0.802. The summed E-state index contributed by atoms with van der Waals surface area (Å²) in [7, 11) is 0. The highest BCUT2D eigenvalue weighted by Gasteiger charge is 2.28. The van der Waals surface area contributed by atoms with Gasteiger partial charge in [0.25, 0.3) is 0 Å². The van der Waals surface area contributed by atoms with Crippen LogP contribution in [0.1, 0.15) is 25.0 Å². The van der Waals surface area contributed by atoms with E-state index in [9.17, 15) is 0 Å². The predicted octanol–water partition coefficient (Wildman–Crippen LogP) is 4.48. The maximum Gasteiger partial charge on any atom is 0.0676 e. The fourth-order valence-corrected chi connectivity index (χ4v) is 2.93. The normalized spacial score (nSPS) is 11.6. The molecule has 0 bridgehead atoms. The van der Waals surface area contributed by atoms with Crippen LogP contribution in [0.4, 0.5) is 11.4 Å². The fraction of sp³-hybridized carbons (Fsp3) is 0.200. The molecular weight excluding hydrogens is 279 g/mol. The third-order valence-corrected chi connectivity index (χ3v) is 4.25. The van der Waals surface area contributed by atoms with Crippen LogP contribution in [-0.2, 0) is 5.41 Å². The van der Waals surface area contributed by atoms with Crippen LogP contribution in [0, 0.1) is 0 Å². The molecule has 0 fully saturated rings. The molecule has 0 aliphatic carbocycles. The van der Waals surface area contributed by atoms with E-state index in [0.29, 0.717) is 21.4 Å². The van der Waals surface area contributed by atoms with Gasteiger partial charge in [0.05, 0.1) is 21.4 Å². The summed E-state index contributed by atoms with van der Waals surface area (Å²) in [5.74, 6) is 0. The molecule has 0 spiro atoms. The zero-order chi connectivity index (χ0) is 14.2. The molecule has 0 saturated heterocycles. The number of benzene rings is 2. The van der Waals surface area contributed by atoms with Crippen LogP contribution in [0.15, 0.2) is 36.4 Å². The Kier molecular flexibility index (Phi) is 3.66. The molecule has 4 heteroatoms. The van der Waals surface area contributed by atoms with Crippen molar-refractivity contribution in [3.63, 3.8) is 0 Å². The second kappa shape index (κ2) is 4.95. The van der Waals surface area contributed by atoms with Crippen LogP contribution in [0.25, 0.3) is 0 Å². The van der Waals surface area contributed by atoms with Gasteiger partial charge >= 0.3 is 0 Å². The zero-order valence-electron chi connectivity index (χ0n) is 10.9. The van der Waals surface area contributed by atoms with Gasteiger partial charge in [0.2, 0.25) is 0 Å². The smallest absolute Gasteiger partial charge is 0.0676 e. The van der Waals surface area contributed by atoms with Crippen LogP contribution in [0.5, 0.6) is 0 Å². The van der Waals surface area contributed by atoms with Gasteiger partial charge in [-0.2, -0.15) is 0 Å². The van der Waals surface area contributed by atoms with Gasteiger partial charge in [-0.1, -0.05) is 61.3 Å². The van der Waals surface area contributed by atoms with Crippen LogP contribution in [0.2, 0.25) is 10.0 Å². The topological polar surface area (TPSA) is 52.0 Å². The minimum atomic E-state index is -0.376. The van der Waals surface area contributed by atoms with Gasteiger partial charge in [-0.05, 0) is 23.3 Å². The Morgan fingerprint density at radius 1 is 0.789 bits per heavy atom. The Balaban J connectivity index is 2.65. The highest BCUT2D eigenvalue weighted by molar-refractivity contribution is 6.35. The third-order valence-electron chi connectivity index (χ3n) is 3.40. The molecule has 0 aliphatic rings. The van der Waals surface area contributed by atoms with Crippen molar-refractivity contribution < 1.29 is 0 Å². The number of anilines is 2. The molecule has 2 aromatic carbocycles. The van der Waals surface area contributed by atoms with E-state index >= 15 is 0 Å². The molecule has 2 aromatic rings. The maximum absolute atomic E-state index is 6.32. The minimum Gasteiger partial charge on any atom is -0.398 e. The summed E-state index contributed by atoms with van der Waals surface area (Å²) in [5, 5.41) is 1.12. The molecule has 0 saturated carbocycles. The molecule has 2 nitrogen and oxygen atoms in total. The Hall–Kier alpha value is -1.38.